The van der Waals surface area contributed by atoms with E-state index in [1.165, 1.54) is 35.0 Å². The van der Waals surface area contributed by atoms with Crippen molar-refractivity contribution < 1.29 is 13.5 Å². The van der Waals surface area contributed by atoms with E-state index in [4.69, 9.17) is 0 Å². The molecule has 1 aromatic rings. The number of phenolic OH excluding ortho intramolecular Hbond substituents is 1. The molecular formula is C15H23NO3S. The number of phenols is 1. The molecule has 1 fully saturated rings. The molecule has 2 rings (SSSR count). The summed E-state index contributed by atoms with van der Waals surface area (Å²) in [6.07, 6.45) is 5.27. The van der Waals surface area contributed by atoms with Crippen LogP contribution in [0.4, 0.5) is 0 Å². The van der Waals surface area contributed by atoms with E-state index in [1.807, 2.05) is 0 Å². The van der Waals surface area contributed by atoms with Gasteiger partial charge in [-0.25, -0.2) is 8.42 Å². The number of hydrogen-bond donors (Lipinski definition) is 1. The summed E-state index contributed by atoms with van der Waals surface area (Å²) in [6, 6.07) is 5.83. The highest BCUT2D eigenvalue weighted by Crippen LogP contribution is 2.31. The molecule has 0 bridgehead atoms. The predicted octanol–water partition coefficient (Wildman–Crippen LogP) is 2.98. The molecule has 0 unspecified atom stereocenters. The van der Waals surface area contributed by atoms with Crippen molar-refractivity contribution in [3.05, 3.63) is 24.3 Å². The van der Waals surface area contributed by atoms with Crippen LogP contribution in [0.15, 0.2) is 29.2 Å². The van der Waals surface area contributed by atoms with Crippen molar-refractivity contribution in [3.63, 3.8) is 0 Å². The molecule has 1 aliphatic rings. The summed E-state index contributed by atoms with van der Waals surface area (Å²) < 4.78 is 26.6. The highest BCUT2D eigenvalue weighted by atomic mass is 32.2. The molecule has 0 spiro atoms. The van der Waals surface area contributed by atoms with Gasteiger partial charge >= 0.3 is 0 Å². The highest BCUT2D eigenvalue weighted by Gasteiger charge is 2.30. The molecule has 1 N–H and O–H groups in total. The first-order chi connectivity index (χ1) is 9.45. The van der Waals surface area contributed by atoms with E-state index in [2.05, 4.69) is 6.92 Å². The van der Waals surface area contributed by atoms with Crippen LogP contribution in [0.25, 0.3) is 0 Å². The van der Waals surface area contributed by atoms with Gasteiger partial charge in [-0.3, -0.25) is 0 Å². The molecule has 0 atom stereocenters. The van der Waals surface area contributed by atoms with Crippen LogP contribution in [-0.4, -0.2) is 30.9 Å². The van der Waals surface area contributed by atoms with E-state index in [1.54, 1.807) is 7.05 Å². The van der Waals surface area contributed by atoms with Crippen LogP contribution in [0, 0.1) is 5.92 Å². The summed E-state index contributed by atoms with van der Waals surface area (Å²) in [5, 5.41) is 9.26. The molecule has 0 heterocycles. The fraction of sp³-hybridized carbons (Fsp3) is 0.600. The lowest BCUT2D eigenvalue weighted by molar-refractivity contribution is 0.233. The summed E-state index contributed by atoms with van der Waals surface area (Å²) in [7, 11) is -1.79. The van der Waals surface area contributed by atoms with Crippen molar-refractivity contribution in [1.82, 2.24) is 4.31 Å². The van der Waals surface area contributed by atoms with Crippen LogP contribution in [0.2, 0.25) is 0 Å². The van der Waals surface area contributed by atoms with Crippen molar-refractivity contribution in [2.45, 2.75) is 50.0 Å². The summed E-state index contributed by atoms with van der Waals surface area (Å²) in [6.45, 7) is 2.20. The maximum atomic E-state index is 12.5. The van der Waals surface area contributed by atoms with Gasteiger partial charge in [-0.1, -0.05) is 13.3 Å². The van der Waals surface area contributed by atoms with Crippen LogP contribution in [0.1, 0.15) is 39.0 Å². The first-order valence-corrected chi connectivity index (χ1v) is 8.66. The van der Waals surface area contributed by atoms with Crippen LogP contribution in [0.3, 0.4) is 0 Å². The lowest BCUT2D eigenvalue weighted by Gasteiger charge is -2.33. The number of aromatic hydroxyl groups is 1. The smallest absolute Gasteiger partial charge is 0.243 e. The Bertz CT molecular complexity index is 531. The van der Waals surface area contributed by atoms with Crippen molar-refractivity contribution in [2.24, 2.45) is 5.92 Å². The molecule has 0 saturated heterocycles. The van der Waals surface area contributed by atoms with E-state index in [-0.39, 0.29) is 16.7 Å². The third kappa shape index (κ3) is 3.15. The minimum absolute atomic E-state index is 0.0788. The Hall–Kier alpha value is -1.07. The molecule has 1 aromatic carbocycles. The van der Waals surface area contributed by atoms with E-state index in [0.29, 0.717) is 0 Å². The third-order valence-electron chi connectivity index (χ3n) is 4.42. The summed E-state index contributed by atoms with van der Waals surface area (Å²) in [5.74, 6) is 0.825. The molecule has 0 aromatic heterocycles. The number of rotatable bonds is 4. The minimum Gasteiger partial charge on any atom is -0.508 e. The third-order valence-corrected chi connectivity index (χ3v) is 6.35. The Morgan fingerprint density at radius 2 is 1.70 bits per heavy atom. The fourth-order valence-electron chi connectivity index (χ4n) is 2.90. The zero-order chi connectivity index (χ0) is 14.8. The quantitative estimate of drug-likeness (QED) is 0.929. The lowest BCUT2D eigenvalue weighted by Crippen LogP contribution is -2.39. The van der Waals surface area contributed by atoms with Crippen LogP contribution in [-0.2, 0) is 10.0 Å². The van der Waals surface area contributed by atoms with E-state index in [9.17, 15) is 13.5 Å². The normalized spacial score (nSPS) is 23.9. The second-order valence-corrected chi connectivity index (χ2v) is 7.60. The van der Waals surface area contributed by atoms with Gasteiger partial charge in [-0.2, -0.15) is 4.31 Å². The van der Waals surface area contributed by atoms with Gasteiger partial charge in [-0.15, -0.1) is 0 Å². The van der Waals surface area contributed by atoms with Crippen LogP contribution < -0.4 is 0 Å². The SMILES string of the molecule is CCC1CCC(N(C)S(=O)(=O)c2ccc(O)cc2)CC1. The van der Waals surface area contributed by atoms with Crippen molar-refractivity contribution in [1.29, 1.82) is 0 Å². The molecule has 1 aliphatic carbocycles. The number of benzene rings is 1. The maximum absolute atomic E-state index is 12.5. The van der Waals surface area contributed by atoms with Gasteiger partial charge in [0.25, 0.3) is 0 Å². The minimum atomic E-state index is -3.46. The molecule has 0 amide bonds. The average molecular weight is 297 g/mol. The Kier molecular flexibility index (Phi) is 4.70. The maximum Gasteiger partial charge on any atom is 0.243 e. The summed E-state index contributed by atoms with van der Waals surface area (Å²) in [4.78, 5) is 0.246. The summed E-state index contributed by atoms with van der Waals surface area (Å²) >= 11 is 0. The second kappa shape index (κ2) is 6.14. The Balaban J connectivity index is 2.11. The standard InChI is InChI=1S/C15H23NO3S/c1-3-12-4-6-13(7-5-12)16(2)20(18,19)15-10-8-14(17)9-11-15/h8-13,17H,3-7H2,1-2H3. The van der Waals surface area contributed by atoms with Crippen molar-refractivity contribution >= 4 is 10.0 Å². The van der Waals surface area contributed by atoms with Gasteiger partial charge in [-0.05, 0) is 55.9 Å². The summed E-state index contributed by atoms with van der Waals surface area (Å²) in [5.41, 5.74) is 0. The van der Waals surface area contributed by atoms with E-state index >= 15 is 0 Å². The molecule has 0 aliphatic heterocycles. The Morgan fingerprint density at radius 1 is 1.15 bits per heavy atom. The molecule has 20 heavy (non-hydrogen) atoms. The zero-order valence-electron chi connectivity index (χ0n) is 12.1. The monoisotopic (exact) mass is 297 g/mol. The van der Waals surface area contributed by atoms with E-state index in [0.717, 1.165) is 31.6 Å². The Morgan fingerprint density at radius 3 is 2.20 bits per heavy atom. The predicted molar refractivity (Wildman–Crippen MR) is 79.1 cm³/mol. The van der Waals surface area contributed by atoms with Gasteiger partial charge in [0.15, 0.2) is 0 Å². The number of nitrogens with zero attached hydrogens (tertiary/aromatic N) is 1. The number of sulfonamides is 1. The number of hydrogen-bond acceptors (Lipinski definition) is 3. The lowest BCUT2D eigenvalue weighted by atomic mass is 9.85. The largest absolute Gasteiger partial charge is 0.508 e. The fourth-order valence-corrected chi connectivity index (χ4v) is 4.31. The van der Waals surface area contributed by atoms with Gasteiger partial charge in [0, 0.05) is 13.1 Å². The topological polar surface area (TPSA) is 57.6 Å². The highest BCUT2D eigenvalue weighted by molar-refractivity contribution is 7.89. The zero-order valence-corrected chi connectivity index (χ0v) is 12.9. The Labute approximate surface area is 121 Å². The van der Waals surface area contributed by atoms with Gasteiger partial charge < -0.3 is 5.11 Å². The van der Waals surface area contributed by atoms with E-state index < -0.39 is 10.0 Å². The first-order valence-electron chi connectivity index (χ1n) is 7.22. The molecule has 1 saturated carbocycles. The van der Waals surface area contributed by atoms with Crippen molar-refractivity contribution in [3.8, 4) is 5.75 Å². The molecular weight excluding hydrogens is 274 g/mol. The molecule has 4 nitrogen and oxygen atoms in total. The molecule has 5 heteroatoms. The van der Waals surface area contributed by atoms with Crippen LogP contribution in [0.5, 0.6) is 5.75 Å². The van der Waals surface area contributed by atoms with Gasteiger partial charge in [0.05, 0.1) is 4.90 Å². The molecule has 0 radical (unpaired) electrons. The second-order valence-electron chi connectivity index (χ2n) is 5.60. The van der Waals surface area contributed by atoms with Gasteiger partial charge in [0.2, 0.25) is 10.0 Å². The first kappa shape index (κ1) is 15.3. The molecule has 112 valence electrons. The average Bonchev–Trinajstić information content (AvgIpc) is 2.47. The van der Waals surface area contributed by atoms with Gasteiger partial charge in [0.1, 0.15) is 5.75 Å². The van der Waals surface area contributed by atoms with Crippen LogP contribution >= 0.6 is 0 Å². The van der Waals surface area contributed by atoms with Crippen molar-refractivity contribution in [2.75, 3.05) is 7.05 Å².